The van der Waals surface area contributed by atoms with Crippen LogP contribution in [-0.2, 0) is 14.3 Å². The summed E-state index contributed by atoms with van der Waals surface area (Å²) in [4.78, 5) is 27.4. The number of unbranched alkanes of at least 4 members (excludes halogenated alkanes) is 2. The summed E-state index contributed by atoms with van der Waals surface area (Å²) in [5.41, 5.74) is 1.84. The highest BCUT2D eigenvalue weighted by molar-refractivity contribution is 5.77. The summed E-state index contributed by atoms with van der Waals surface area (Å²) in [5, 5.41) is 13.1. The Balaban J connectivity index is 0.993. The second-order valence-electron chi connectivity index (χ2n) is 18.6. The third-order valence-corrected chi connectivity index (χ3v) is 13.6. The molecule has 1 aliphatic heterocycles. The summed E-state index contributed by atoms with van der Waals surface area (Å²) in [6, 6.07) is -0.0596. The van der Waals surface area contributed by atoms with Crippen LogP contribution >= 0.6 is 0 Å². The second-order valence-corrected chi connectivity index (χ2v) is 18.6. The molecule has 7 nitrogen and oxygen atoms in total. The van der Waals surface area contributed by atoms with E-state index in [1.165, 1.54) is 51.4 Å². The van der Waals surface area contributed by atoms with Crippen LogP contribution in [-0.4, -0.2) is 65.6 Å². The van der Waals surface area contributed by atoms with Crippen LogP contribution in [0.2, 0.25) is 0 Å². The molecule has 0 spiro atoms. The quantitative estimate of drug-likeness (QED) is 0.141. The molecule has 7 heteroatoms. The molecule has 1 saturated heterocycles. The maximum Gasteiger partial charge on any atom is 0.407 e. The van der Waals surface area contributed by atoms with Crippen molar-refractivity contribution in [3.05, 3.63) is 11.6 Å². The Hall–Kier alpha value is -1.60. The number of rotatable bonds is 14. The van der Waals surface area contributed by atoms with E-state index in [1.54, 1.807) is 10.5 Å². The van der Waals surface area contributed by atoms with Gasteiger partial charge in [0, 0.05) is 25.9 Å². The number of aliphatic hydroxyl groups is 1. The first-order valence-corrected chi connectivity index (χ1v) is 20.5. The molecule has 0 aromatic heterocycles. The number of β-amino-alcohol motifs (C(OH)–C–C–N with tert-alkyl or cyclic N) is 1. The van der Waals surface area contributed by atoms with Crippen molar-refractivity contribution in [2.75, 3.05) is 19.7 Å². The largest absolute Gasteiger partial charge is 0.446 e. The molecule has 1 heterocycles. The number of carbonyl (C=O) groups is 2. The molecule has 0 aromatic rings. The van der Waals surface area contributed by atoms with Gasteiger partial charge >= 0.3 is 6.09 Å². The molecular weight excluding hydrogens is 612 g/mol. The minimum atomic E-state index is -0.476. The number of aliphatic hydroxyl groups excluding tert-OH is 1. The van der Waals surface area contributed by atoms with E-state index in [0.717, 1.165) is 74.0 Å². The van der Waals surface area contributed by atoms with Gasteiger partial charge in [0.1, 0.15) is 6.10 Å². The normalized spacial score (nSPS) is 35.0. The fourth-order valence-corrected chi connectivity index (χ4v) is 11.2. The Bertz CT molecular complexity index is 1130. The van der Waals surface area contributed by atoms with E-state index >= 15 is 0 Å². The monoisotopic (exact) mass is 685 g/mol. The SMILES string of the molecule is CC(C)CCC[C@@H](C)[C@H]1CCC2C3CC=C4C[C@@H](OC(=O)NCCCCCC(=O)N5C[C@H](O)C[C@H]5COC(C)(C)C)CCC4C3CC[C@@]21C. The number of carbonyl (C=O) groups excluding carboxylic acids is 2. The van der Waals surface area contributed by atoms with Gasteiger partial charge in [0.15, 0.2) is 0 Å². The first kappa shape index (κ1) is 38.6. The average Bonchev–Trinajstić information content (AvgIpc) is 3.60. The molecule has 10 atom stereocenters. The third-order valence-electron chi connectivity index (χ3n) is 13.6. The second kappa shape index (κ2) is 16.8. The van der Waals surface area contributed by atoms with Crippen molar-refractivity contribution in [2.45, 2.75) is 175 Å². The number of hydrogen-bond donors (Lipinski definition) is 2. The molecule has 0 bridgehead atoms. The first-order valence-electron chi connectivity index (χ1n) is 20.5. The van der Waals surface area contributed by atoms with Crippen LogP contribution in [0.3, 0.4) is 0 Å². The first-order chi connectivity index (χ1) is 23.2. The van der Waals surface area contributed by atoms with Gasteiger partial charge in [0.25, 0.3) is 0 Å². The van der Waals surface area contributed by atoms with Gasteiger partial charge in [-0.15, -0.1) is 0 Å². The Labute approximate surface area is 299 Å². The smallest absolute Gasteiger partial charge is 0.407 e. The Kier molecular flexibility index (Phi) is 13.3. The number of likely N-dealkylation sites (tertiary alicyclic amines) is 1. The number of nitrogens with zero attached hydrogens (tertiary/aromatic N) is 1. The van der Waals surface area contributed by atoms with Gasteiger partial charge < -0.3 is 24.8 Å². The van der Waals surface area contributed by atoms with Crippen molar-refractivity contribution in [3.8, 4) is 0 Å². The molecule has 4 unspecified atom stereocenters. The molecule has 5 rings (SSSR count). The molecule has 0 aromatic carbocycles. The summed E-state index contributed by atoms with van der Waals surface area (Å²) in [7, 11) is 0. The van der Waals surface area contributed by atoms with Gasteiger partial charge in [-0.25, -0.2) is 4.79 Å². The number of fused-ring (bicyclic) bond motifs is 5. The standard InChI is InChI=1S/C42H72N2O5/c1-28(2)12-11-13-29(3)37-19-20-38-36-17-15-30-24-33(16-18-34(30)35(36)21-22-42(37,38)7)49-40(47)43-23-10-8-9-14-39(46)44-26-32(45)25-31(44)27-48-41(4,5)6/h15,28-29,31-38,45H,8-14,16-27H2,1-7H3,(H,43,47)/t29-,31+,32-,33+,34?,35?,36?,37-,38?,42-/m1/s1. The van der Waals surface area contributed by atoms with Gasteiger partial charge in [-0.05, 0) is 132 Å². The maximum atomic E-state index is 12.9. The minimum Gasteiger partial charge on any atom is -0.446 e. The predicted molar refractivity (Wildman–Crippen MR) is 197 cm³/mol. The summed E-state index contributed by atoms with van der Waals surface area (Å²) >= 11 is 0. The van der Waals surface area contributed by atoms with Crippen molar-refractivity contribution < 1.29 is 24.2 Å². The van der Waals surface area contributed by atoms with E-state index in [1.807, 2.05) is 20.8 Å². The van der Waals surface area contributed by atoms with E-state index < -0.39 is 6.10 Å². The van der Waals surface area contributed by atoms with Gasteiger partial charge in [0.2, 0.25) is 5.91 Å². The van der Waals surface area contributed by atoms with E-state index in [2.05, 4.69) is 39.1 Å². The number of amides is 2. The summed E-state index contributed by atoms with van der Waals surface area (Å²) in [5.74, 6) is 5.92. The van der Waals surface area contributed by atoms with Crippen molar-refractivity contribution in [3.63, 3.8) is 0 Å². The van der Waals surface area contributed by atoms with Gasteiger partial charge in [0.05, 0.1) is 24.4 Å². The van der Waals surface area contributed by atoms with E-state index in [0.29, 0.717) is 43.9 Å². The molecule has 3 saturated carbocycles. The van der Waals surface area contributed by atoms with Crippen LogP contribution in [0, 0.1) is 46.8 Å². The lowest BCUT2D eigenvalue weighted by Gasteiger charge is -2.54. The van der Waals surface area contributed by atoms with E-state index in [4.69, 9.17) is 9.47 Å². The Morgan fingerprint density at radius 1 is 1.02 bits per heavy atom. The highest BCUT2D eigenvalue weighted by Crippen LogP contribution is 2.64. The van der Waals surface area contributed by atoms with Gasteiger partial charge in [-0.3, -0.25) is 4.79 Å². The third kappa shape index (κ3) is 9.84. The lowest BCUT2D eigenvalue weighted by atomic mass is 9.51. The highest BCUT2D eigenvalue weighted by atomic mass is 16.6. The predicted octanol–water partition coefficient (Wildman–Crippen LogP) is 9.07. The lowest BCUT2D eigenvalue weighted by Crippen LogP contribution is -2.47. The number of hydrogen-bond acceptors (Lipinski definition) is 5. The maximum absolute atomic E-state index is 12.9. The highest BCUT2D eigenvalue weighted by Gasteiger charge is 2.56. The number of alkyl carbamates (subject to hydrolysis) is 1. The molecule has 2 amide bonds. The lowest BCUT2D eigenvalue weighted by molar-refractivity contribution is -0.134. The van der Waals surface area contributed by atoms with Crippen molar-refractivity contribution >= 4 is 12.0 Å². The molecule has 5 aliphatic rings. The van der Waals surface area contributed by atoms with E-state index in [9.17, 15) is 14.7 Å². The van der Waals surface area contributed by atoms with E-state index in [-0.39, 0.29) is 29.7 Å². The fourth-order valence-electron chi connectivity index (χ4n) is 11.2. The topological polar surface area (TPSA) is 88.1 Å². The number of allylic oxidation sites excluding steroid dienone is 1. The van der Waals surface area contributed by atoms with Crippen molar-refractivity contribution in [2.24, 2.45) is 46.8 Å². The minimum absolute atomic E-state index is 0.0147. The van der Waals surface area contributed by atoms with Crippen LogP contribution in [0.5, 0.6) is 0 Å². The molecule has 280 valence electrons. The fraction of sp³-hybridized carbons (Fsp3) is 0.905. The van der Waals surface area contributed by atoms with Crippen LogP contribution in [0.25, 0.3) is 0 Å². The molecular formula is C42H72N2O5. The molecule has 4 aliphatic carbocycles. The zero-order valence-electron chi connectivity index (χ0n) is 32.3. The van der Waals surface area contributed by atoms with Crippen molar-refractivity contribution in [1.82, 2.24) is 10.2 Å². The number of nitrogens with one attached hydrogen (secondary N) is 1. The van der Waals surface area contributed by atoms with Crippen LogP contribution < -0.4 is 5.32 Å². The number of ether oxygens (including phenoxy) is 2. The zero-order valence-corrected chi connectivity index (χ0v) is 32.3. The average molecular weight is 685 g/mol. The molecule has 2 N–H and O–H groups in total. The summed E-state index contributed by atoms with van der Waals surface area (Å²) < 4.78 is 11.8. The Morgan fingerprint density at radius 3 is 2.57 bits per heavy atom. The van der Waals surface area contributed by atoms with Crippen LogP contribution in [0.15, 0.2) is 11.6 Å². The van der Waals surface area contributed by atoms with Crippen molar-refractivity contribution in [1.29, 1.82) is 0 Å². The summed E-state index contributed by atoms with van der Waals surface area (Å²) in [6.07, 6.45) is 19.4. The van der Waals surface area contributed by atoms with Crippen LogP contribution in [0.4, 0.5) is 4.79 Å². The summed E-state index contributed by atoms with van der Waals surface area (Å²) in [6.45, 7) is 17.4. The van der Waals surface area contributed by atoms with Crippen LogP contribution in [0.1, 0.15) is 151 Å². The van der Waals surface area contributed by atoms with Gasteiger partial charge in [-0.2, -0.15) is 0 Å². The zero-order chi connectivity index (χ0) is 35.3. The van der Waals surface area contributed by atoms with Gasteiger partial charge in [-0.1, -0.05) is 65.0 Å². The molecule has 4 fully saturated rings. The molecule has 0 radical (unpaired) electrons. The Morgan fingerprint density at radius 2 is 1.82 bits per heavy atom. The molecule has 49 heavy (non-hydrogen) atoms.